The second-order valence-corrected chi connectivity index (χ2v) is 5.07. The highest BCUT2D eigenvalue weighted by Crippen LogP contribution is 2.44. The van der Waals surface area contributed by atoms with Crippen molar-refractivity contribution in [2.24, 2.45) is 11.3 Å². The largest absolute Gasteiger partial charge is 0.465 e. The molecule has 0 aromatic rings. The predicted molar refractivity (Wildman–Crippen MR) is 47.2 cm³/mol. The van der Waals surface area contributed by atoms with Gasteiger partial charge in [-0.2, -0.15) is 0 Å². The van der Waals surface area contributed by atoms with E-state index >= 15 is 0 Å². The molecule has 3 nitrogen and oxygen atoms in total. The summed E-state index contributed by atoms with van der Waals surface area (Å²) in [6.07, 6.45) is 0.902. The van der Waals surface area contributed by atoms with Gasteiger partial charge in [-0.3, -0.25) is 4.79 Å². The van der Waals surface area contributed by atoms with Crippen molar-refractivity contribution >= 4 is 5.97 Å². The summed E-state index contributed by atoms with van der Waals surface area (Å²) in [6, 6.07) is 0. The van der Waals surface area contributed by atoms with Gasteiger partial charge in [0.15, 0.2) is 0 Å². The van der Waals surface area contributed by atoms with E-state index < -0.39 is 0 Å². The zero-order chi connectivity index (χ0) is 9.69. The quantitative estimate of drug-likeness (QED) is 0.533. The minimum absolute atomic E-state index is 0.0497. The van der Waals surface area contributed by atoms with Gasteiger partial charge in [0, 0.05) is 5.41 Å². The van der Waals surface area contributed by atoms with Gasteiger partial charge in [-0.25, -0.2) is 0 Å². The topological polar surface area (TPSA) is 35.5 Å². The van der Waals surface area contributed by atoms with Gasteiger partial charge >= 0.3 is 5.97 Å². The Morgan fingerprint density at radius 1 is 1.31 bits per heavy atom. The van der Waals surface area contributed by atoms with Crippen LogP contribution in [0.4, 0.5) is 0 Å². The van der Waals surface area contributed by atoms with E-state index in [9.17, 15) is 4.79 Å². The van der Waals surface area contributed by atoms with Crippen LogP contribution in [0.2, 0.25) is 0 Å². The summed E-state index contributed by atoms with van der Waals surface area (Å²) in [4.78, 5) is 11.5. The average Bonchev–Trinajstić information content (AvgIpc) is 2.06. The van der Waals surface area contributed by atoms with Crippen molar-refractivity contribution in [3.8, 4) is 0 Å². The first-order valence-electron chi connectivity index (χ1n) is 4.74. The SMILES string of the molecule is CC1(C)OC[C@@]2(C)COC(=O)[C@@H]1C2. The van der Waals surface area contributed by atoms with E-state index in [1.807, 2.05) is 13.8 Å². The summed E-state index contributed by atoms with van der Waals surface area (Å²) in [6.45, 7) is 7.25. The van der Waals surface area contributed by atoms with Gasteiger partial charge < -0.3 is 9.47 Å². The number of carbonyl (C=O) groups is 1. The Bertz CT molecular complexity index is 247. The molecule has 2 rings (SSSR count). The second-order valence-electron chi connectivity index (χ2n) is 5.07. The van der Waals surface area contributed by atoms with Crippen molar-refractivity contribution in [2.45, 2.75) is 32.8 Å². The lowest BCUT2D eigenvalue weighted by molar-refractivity contribution is -0.213. The minimum Gasteiger partial charge on any atom is -0.465 e. The molecule has 74 valence electrons. The Morgan fingerprint density at radius 3 is 2.62 bits per heavy atom. The molecule has 0 radical (unpaired) electrons. The highest BCUT2D eigenvalue weighted by molar-refractivity contribution is 5.75. The summed E-state index contributed by atoms with van der Waals surface area (Å²) >= 11 is 0. The van der Waals surface area contributed by atoms with Gasteiger partial charge in [-0.15, -0.1) is 0 Å². The fraction of sp³-hybridized carbons (Fsp3) is 0.900. The van der Waals surface area contributed by atoms with E-state index in [1.165, 1.54) is 0 Å². The third-order valence-corrected chi connectivity index (χ3v) is 3.18. The highest BCUT2D eigenvalue weighted by atomic mass is 16.6. The van der Waals surface area contributed by atoms with E-state index in [1.54, 1.807) is 0 Å². The van der Waals surface area contributed by atoms with Crippen LogP contribution < -0.4 is 0 Å². The number of fused-ring (bicyclic) bond motifs is 2. The van der Waals surface area contributed by atoms with Crippen LogP contribution in [0.15, 0.2) is 0 Å². The lowest BCUT2D eigenvalue weighted by atomic mass is 9.71. The first-order valence-corrected chi connectivity index (χ1v) is 4.74. The minimum atomic E-state index is -0.350. The summed E-state index contributed by atoms with van der Waals surface area (Å²) in [7, 11) is 0. The third-order valence-electron chi connectivity index (χ3n) is 3.18. The zero-order valence-corrected chi connectivity index (χ0v) is 8.42. The third kappa shape index (κ3) is 1.35. The smallest absolute Gasteiger partial charge is 0.311 e. The molecule has 0 aromatic carbocycles. The molecule has 0 aliphatic carbocycles. The number of ether oxygens (including phenoxy) is 2. The van der Waals surface area contributed by atoms with Crippen molar-refractivity contribution in [3.63, 3.8) is 0 Å². The van der Waals surface area contributed by atoms with Gasteiger partial charge in [0.25, 0.3) is 0 Å². The Morgan fingerprint density at radius 2 is 2.00 bits per heavy atom. The molecule has 13 heavy (non-hydrogen) atoms. The molecule has 0 unspecified atom stereocenters. The molecule has 2 aliphatic rings. The van der Waals surface area contributed by atoms with Crippen molar-refractivity contribution in [3.05, 3.63) is 0 Å². The number of rotatable bonds is 0. The molecule has 2 atom stereocenters. The Balaban J connectivity index is 2.26. The van der Waals surface area contributed by atoms with Gasteiger partial charge in [-0.05, 0) is 20.3 Å². The Hall–Kier alpha value is -0.570. The maximum absolute atomic E-state index is 11.5. The Labute approximate surface area is 78.4 Å². The van der Waals surface area contributed by atoms with E-state index in [2.05, 4.69) is 6.92 Å². The lowest BCUT2D eigenvalue weighted by Crippen LogP contribution is -2.55. The summed E-state index contributed by atoms with van der Waals surface area (Å²) < 4.78 is 10.9. The normalized spacial score (nSPS) is 42.7. The van der Waals surface area contributed by atoms with Gasteiger partial charge in [-0.1, -0.05) is 6.92 Å². The molecule has 0 spiro atoms. The predicted octanol–water partition coefficient (Wildman–Crippen LogP) is 1.36. The van der Waals surface area contributed by atoms with Crippen LogP contribution in [0.25, 0.3) is 0 Å². The van der Waals surface area contributed by atoms with Gasteiger partial charge in [0.1, 0.15) is 0 Å². The van der Waals surface area contributed by atoms with Gasteiger partial charge in [0.05, 0.1) is 24.7 Å². The zero-order valence-electron chi connectivity index (χ0n) is 8.42. The first kappa shape index (κ1) is 9.00. The molecule has 0 N–H and O–H groups in total. The fourth-order valence-corrected chi connectivity index (χ4v) is 2.07. The molecule has 0 aromatic heterocycles. The molecule has 3 heteroatoms. The van der Waals surface area contributed by atoms with Crippen LogP contribution >= 0.6 is 0 Å². The number of esters is 1. The summed E-state index contributed by atoms with van der Waals surface area (Å²) in [5.74, 6) is -0.179. The van der Waals surface area contributed by atoms with Crippen LogP contribution in [0, 0.1) is 11.3 Å². The van der Waals surface area contributed by atoms with Crippen molar-refractivity contribution in [1.29, 1.82) is 0 Å². The Kier molecular flexibility index (Phi) is 1.71. The average molecular weight is 184 g/mol. The number of cyclic esters (lactones) is 1. The standard InChI is InChI=1S/C10H16O3/c1-9(2)7-4-10(3,6-13-9)5-12-8(7)11/h7H,4-6H2,1-3H3/t7-,10+/m0/s1. The maximum Gasteiger partial charge on any atom is 0.311 e. The molecular weight excluding hydrogens is 168 g/mol. The van der Waals surface area contributed by atoms with Crippen LogP contribution in [-0.4, -0.2) is 24.8 Å². The maximum atomic E-state index is 11.5. The van der Waals surface area contributed by atoms with Gasteiger partial charge in [0.2, 0.25) is 0 Å². The number of hydrogen-bond donors (Lipinski definition) is 0. The molecule has 2 bridgehead atoms. The van der Waals surface area contributed by atoms with Crippen molar-refractivity contribution in [2.75, 3.05) is 13.2 Å². The lowest BCUT2D eigenvalue weighted by Gasteiger charge is -2.48. The second kappa shape index (κ2) is 2.47. The molecule has 2 fully saturated rings. The number of hydrogen-bond acceptors (Lipinski definition) is 3. The van der Waals surface area contributed by atoms with E-state index in [4.69, 9.17) is 9.47 Å². The summed E-state index contributed by atoms with van der Waals surface area (Å²) in [5, 5.41) is 0. The van der Waals surface area contributed by atoms with Crippen LogP contribution in [0.1, 0.15) is 27.2 Å². The molecule has 2 heterocycles. The van der Waals surface area contributed by atoms with E-state index in [0.29, 0.717) is 13.2 Å². The van der Waals surface area contributed by atoms with Crippen molar-refractivity contribution in [1.82, 2.24) is 0 Å². The number of carbonyl (C=O) groups excluding carboxylic acids is 1. The molecule has 0 saturated carbocycles. The van der Waals surface area contributed by atoms with E-state index in [-0.39, 0.29) is 22.9 Å². The van der Waals surface area contributed by atoms with Crippen LogP contribution in [0.3, 0.4) is 0 Å². The summed E-state index contributed by atoms with van der Waals surface area (Å²) in [5.41, 5.74) is -0.300. The van der Waals surface area contributed by atoms with Crippen LogP contribution in [0.5, 0.6) is 0 Å². The fourth-order valence-electron chi connectivity index (χ4n) is 2.07. The van der Waals surface area contributed by atoms with Crippen molar-refractivity contribution < 1.29 is 14.3 Å². The van der Waals surface area contributed by atoms with Crippen LogP contribution in [-0.2, 0) is 14.3 Å². The monoisotopic (exact) mass is 184 g/mol. The molecule has 2 aliphatic heterocycles. The highest BCUT2D eigenvalue weighted by Gasteiger charge is 2.51. The van der Waals surface area contributed by atoms with E-state index in [0.717, 1.165) is 6.42 Å². The molecule has 2 saturated heterocycles. The first-order chi connectivity index (χ1) is 5.93. The molecular formula is C10H16O3. The molecule has 0 amide bonds.